The SMILES string of the molecule is Cc1cccc2c1N(c1ccc(Cn3cnn(C/C(=C\F)CN)c3=O)s1)C(=O)CC2.Cl. The van der Waals surface area contributed by atoms with Gasteiger partial charge in [0.1, 0.15) is 11.3 Å². The maximum atomic E-state index is 12.8. The first-order chi connectivity index (χ1) is 14.5. The maximum Gasteiger partial charge on any atom is 0.346 e. The highest BCUT2D eigenvalue weighted by atomic mass is 35.5. The summed E-state index contributed by atoms with van der Waals surface area (Å²) in [6.45, 7) is 2.37. The molecule has 0 bridgehead atoms. The lowest BCUT2D eigenvalue weighted by molar-refractivity contribution is -0.118. The van der Waals surface area contributed by atoms with Crippen molar-refractivity contribution < 1.29 is 9.18 Å². The molecule has 0 aliphatic carbocycles. The zero-order valence-corrected chi connectivity index (χ0v) is 18.6. The Morgan fingerprint density at radius 2 is 2.06 bits per heavy atom. The van der Waals surface area contributed by atoms with Gasteiger partial charge in [0.2, 0.25) is 5.91 Å². The fourth-order valence-electron chi connectivity index (χ4n) is 3.62. The molecule has 7 nitrogen and oxygen atoms in total. The van der Waals surface area contributed by atoms with Gasteiger partial charge in [0.15, 0.2) is 0 Å². The number of para-hydroxylation sites is 1. The third-order valence-electron chi connectivity index (χ3n) is 5.16. The van der Waals surface area contributed by atoms with Crippen molar-refractivity contribution in [3.8, 4) is 0 Å². The topological polar surface area (TPSA) is 86.2 Å². The summed E-state index contributed by atoms with van der Waals surface area (Å²) in [4.78, 5) is 27.9. The maximum absolute atomic E-state index is 12.8. The number of amides is 1. The lowest BCUT2D eigenvalue weighted by atomic mass is 9.98. The van der Waals surface area contributed by atoms with Crippen molar-refractivity contribution >= 4 is 40.3 Å². The zero-order valence-electron chi connectivity index (χ0n) is 17.0. The van der Waals surface area contributed by atoms with Gasteiger partial charge in [-0.2, -0.15) is 5.10 Å². The van der Waals surface area contributed by atoms with Crippen LogP contribution in [0.25, 0.3) is 0 Å². The average molecular weight is 464 g/mol. The van der Waals surface area contributed by atoms with E-state index in [1.54, 1.807) is 4.90 Å². The number of thiophene rings is 1. The van der Waals surface area contributed by atoms with Crippen molar-refractivity contribution in [3.63, 3.8) is 0 Å². The lowest BCUT2D eigenvalue weighted by Crippen LogP contribution is -2.30. The van der Waals surface area contributed by atoms with Gasteiger partial charge in [-0.05, 0) is 42.2 Å². The third-order valence-corrected chi connectivity index (χ3v) is 6.22. The molecular formula is C21H23ClFN5O2S. The van der Waals surface area contributed by atoms with Gasteiger partial charge in [-0.25, -0.2) is 13.9 Å². The Hall–Kier alpha value is -2.75. The van der Waals surface area contributed by atoms with E-state index in [9.17, 15) is 14.0 Å². The van der Waals surface area contributed by atoms with E-state index < -0.39 is 0 Å². The zero-order chi connectivity index (χ0) is 21.3. The lowest BCUT2D eigenvalue weighted by Gasteiger charge is -2.29. The molecule has 0 unspecified atom stereocenters. The van der Waals surface area contributed by atoms with Crippen LogP contribution in [0.15, 0.2) is 53.4 Å². The molecule has 0 fully saturated rings. The number of nitrogens with two attached hydrogens (primary N) is 1. The van der Waals surface area contributed by atoms with Gasteiger partial charge in [0, 0.05) is 17.8 Å². The van der Waals surface area contributed by atoms with Crippen molar-refractivity contribution in [2.75, 3.05) is 11.4 Å². The van der Waals surface area contributed by atoms with E-state index in [0.717, 1.165) is 27.5 Å². The first-order valence-electron chi connectivity index (χ1n) is 9.62. The van der Waals surface area contributed by atoms with E-state index in [2.05, 4.69) is 11.2 Å². The predicted molar refractivity (Wildman–Crippen MR) is 122 cm³/mol. The Bertz CT molecular complexity index is 1180. The first kappa shape index (κ1) is 22.9. The number of fused-ring (bicyclic) bond motifs is 1. The van der Waals surface area contributed by atoms with E-state index in [1.807, 2.05) is 31.2 Å². The minimum Gasteiger partial charge on any atom is -0.327 e. The van der Waals surface area contributed by atoms with Crippen LogP contribution >= 0.6 is 23.7 Å². The third kappa shape index (κ3) is 4.48. The molecule has 10 heteroatoms. The number of carbonyl (C=O) groups excluding carboxylic acids is 1. The van der Waals surface area contributed by atoms with Crippen molar-refractivity contribution in [2.45, 2.75) is 32.9 Å². The highest BCUT2D eigenvalue weighted by molar-refractivity contribution is 7.16. The van der Waals surface area contributed by atoms with Gasteiger partial charge in [-0.3, -0.25) is 14.3 Å². The van der Waals surface area contributed by atoms with Gasteiger partial charge in [0.05, 0.1) is 25.1 Å². The molecule has 0 saturated heterocycles. The first-order valence-corrected chi connectivity index (χ1v) is 10.4. The fraction of sp³-hybridized carbons (Fsp3) is 0.286. The molecule has 2 aromatic heterocycles. The Labute approximate surface area is 189 Å². The summed E-state index contributed by atoms with van der Waals surface area (Å²) >= 11 is 1.47. The highest BCUT2D eigenvalue weighted by Gasteiger charge is 2.28. The molecule has 3 heterocycles. The number of hydrogen-bond acceptors (Lipinski definition) is 5. The smallest absolute Gasteiger partial charge is 0.327 e. The fourth-order valence-corrected chi connectivity index (χ4v) is 4.65. The molecule has 2 N–H and O–H groups in total. The summed E-state index contributed by atoms with van der Waals surface area (Å²) in [5.41, 5.74) is 8.59. The number of aromatic nitrogens is 3. The predicted octanol–water partition coefficient (Wildman–Crippen LogP) is 3.31. The molecular weight excluding hydrogens is 441 g/mol. The van der Waals surface area contributed by atoms with Gasteiger partial charge >= 0.3 is 5.69 Å². The highest BCUT2D eigenvalue weighted by Crippen LogP contribution is 2.39. The minimum atomic E-state index is -0.340. The quantitative estimate of drug-likeness (QED) is 0.607. The second kappa shape index (κ2) is 9.59. The Kier molecular flexibility index (Phi) is 7.09. The molecule has 1 aliphatic heterocycles. The molecule has 4 rings (SSSR count). The van der Waals surface area contributed by atoms with Crippen molar-refractivity contribution in [1.29, 1.82) is 0 Å². The number of rotatable bonds is 6. The Morgan fingerprint density at radius 3 is 2.81 bits per heavy atom. The summed E-state index contributed by atoms with van der Waals surface area (Å²) in [6, 6.07) is 9.91. The van der Waals surface area contributed by atoms with E-state index in [0.29, 0.717) is 24.9 Å². The van der Waals surface area contributed by atoms with Crippen LogP contribution < -0.4 is 16.3 Å². The van der Waals surface area contributed by atoms with Crippen molar-refractivity contribution in [1.82, 2.24) is 14.3 Å². The van der Waals surface area contributed by atoms with Crippen LogP contribution in [-0.2, 0) is 24.3 Å². The van der Waals surface area contributed by atoms with E-state index in [1.165, 1.54) is 32.5 Å². The number of hydrogen-bond donors (Lipinski definition) is 1. The number of carbonyl (C=O) groups is 1. The minimum absolute atomic E-state index is 0. The molecule has 1 amide bonds. The number of benzene rings is 1. The Morgan fingerprint density at radius 1 is 1.26 bits per heavy atom. The normalized spacial score (nSPS) is 13.8. The Balaban J connectivity index is 0.00000272. The molecule has 3 aromatic rings. The molecule has 164 valence electrons. The van der Waals surface area contributed by atoms with Crippen LogP contribution in [0.5, 0.6) is 0 Å². The van der Waals surface area contributed by atoms with E-state index >= 15 is 0 Å². The van der Waals surface area contributed by atoms with Crippen LogP contribution in [0.2, 0.25) is 0 Å². The van der Waals surface area contributed by atoms with E-state index in [-0.39, 0.29) is 37.1 Å². The molecule has 0 atom stereocenters. The molecule has 0 saturated carbocycles. The second-order valence-electron chi connectivity index (χ2n) is 7.22. The summed E-state index contributed by atoms with van der Waals surface area (Å²) in [5.74, 6) is 0.0718. The standard InChI is InChI=1S/C21H22FN5O2S.ClH/c1-14-3-2-4-16-5-7-18(28)27(20(14)16)19-8-6-17(30-19)12-25-13-24-26(21(25)29)11-15(9-22)10-23;/h2-4,6,8-9,13H,5,7,10-12,23H2,1H3;1H/b15-9-;. The van der Waals surface area contributed by atoms with E-state index in [4.69, 9.17) is 5.73 Å². The largest absolute Gasteiger partial charge is 0.346 e. The summed E-state index contributed by atoms with van der Waals surface area (Å²) in [6.07, 6.45) is 3.06. The van der Waals surface area contributed by atoms with Gasteiger partial charge in [-0.15, -0.1) is 23.7 Å². The van der Waals surface area contributed by atoms with Crippen molar-refractivity contribution in [3.05, 3.63) is 75.1 Å². The number of anilines is 2. The van der Waals surface area contributed by atoms with Gasteiger partial charge in [-0.1, -0.05) is 18.2 Å². The van der Waals surface area contributed by atoms with Crippen LogP contribution in [-0.4, -0.2) is 26.8 Å². The molecule has 1 aromatic carbocycles. The van der Waals surface area contributed by atoms with Crippen molar-refractivity contribution in [2.24, 2.45) is 5.73 Å². The molecule has 1 aliphatic rings. The van der Waals surface area contributed by atoms with Gasteiger partial charge in [0.25, 0.3) is 0 Å². The summed E-state index contributed by atoms with van der Waals surface area (Å²) in [5, 5.41) is 4.87. The van der Waals surface area contributed by atoms with Crippen LogP contribution in [0.4, 0.5) is 15.1 Å². The second-order valence-corrected chi connectivity index (χ2v) is 8.37. The molecule has 0 radical (unpaired) electrons. The molecule has 31 heavy (non-hydrogen) atoms. The summed E-state index contributed by atoms with van der Waals surface area (Å²) < 4.78 is 15.4. The number of halogens is 2. The average Bonchev–Trinajstić information content (AvgIpc) is 3.34. The van der Waals surface area contributed by atoms with Crippen LogP contribution in [0.3, 0.4) is 0 Å². The molecule has 0 spiro atoms. The van der Waals surface area contributed by atoms with Crippen LogP contribution in [0.1, 0.15) is 22.4 Å². The number of aryl methyl sites for hydroxylation is 2. The van der Waals surface area contributed by atoms with Crippen LogP contribution in [0, 0.1) is 6.92 Å². The summed E-state index contributed by atoms with van der Waals surface area (Å²) in [7, 11) is 0. The van der Waals surface area contributed by atoms with Gasteiger partial charge < -0.3 is 5.73 Å². The number of nitrogens with zero attached hydrogens (tertiary/aromatic N) is 4. The monoisotopic (exact) mass is 463 g/mol.